The predicted octanol–water partition coefficient (Wildman–Crippen LogP) is 2.45. The van der Waals surface area contributed by atoms with Crippen LogP contribution in [0.1, 0.15) is 35.8 Å². The molecule has 7 heteroatoms. The topological polar surface area (TPSA) is 89.6 Å². The Morgan fingerprint density at radius 3 is 2.57 bits per heavy atom. The smallest absolute Gasteiger partial charge is 0.374 e. The van der Waals surface area contributed by atoms with E-state index in [4.69, 9.17) is 9.15 Å². The molecule has 0 aliphatic rings. The number of nitrogens with one attached hydrogen (secondary N) is 2. The van der Waals surface area contributed by atoms with E-state index in [0.29, 0.717) is 35.4 Å². The summed E-state index contributed by atoms with van der Waals surface area (Å²) in [4.78, 5) is 33.5. The molecule has 2 heterocycles. The number of hydrogen-bond acceptors (Lipinski definition) is 5. The third-order valence-electron chi connectivity index (χ3n) is 5.17. The van der Waals surface area contributed by atoms with Crippen LogP contribution in [-0.4, -0.2) is 29.1 Å². The number of H-pyrrole nitrogens is 1. The summed E-state index contributed by atoms with van der Waals surface area (Å²) in [7, 11) is 0. The van der Waals surface area contributed by atoms with E-state index in [2.05, 4.69) is 16.9 Å². The third kappa shape index (κ3) is 3.84. The molecule has 0 saturated carbocycles. The summed E-state index contributed by atoms with van der Waals surface area (Å²) in [6.07, 6.45) is 0. The molecule has 0 aliphatic heterocycles. The summed E-state index contributed by atoms with van der Waals surface area (Å²) in [6, 6.07) is 14.9. The zero-order valence-electron chi connectivity index (χ0n) is 17.0. The number of rotatable bonds is 7. The van der Waals surface area contributed by atoms with Crippen molar-refractivity contribution in [2.75, 3.05) is 13.2 Å². The molecule has 4 aromatic rings. The lowest BCUT2D eigenvalue weighted by molar-refractivity contribution is -0.926. The van der Waals surface area contributed by atoms with Crippen molar-refractivity contribution < 1.29 is 18.8 Å². The number of nitrogens with zero attached hydrogens (tertiary/aromatic N) is 1. The first-order chi connectivity index (χ1) is 14.6. The lowest BCUT2D eigenvalue weighted by Gasteiger charge is -2.17. The van der Waals surface area contributed by atoms with Gasteiger partial charge in [-0.3, -0.25) is 4.79 Å². The van der Waals surface area contributed by atoms with Gasteiger partial charge in [0.25, 0.3) is 5.56 Å². The number of carbonyl (C=O) groups is 1. The quantitative estimate of drug-likeness (QED) is 0.460. The molecular weight excluding hydrogens is 382 g/mol. The van der Waals surface area contributed by atoms with Gasteiger partial charge in [0.2, 0.25) is 5.76 Å². The molecule has 0 amide bonds. The zero-order valence-corrected chi connectivity index (χ0v) is 17.0. The molecule has 2 aromatic carbocycles. The number of esters is 1. The molecule has 0 fully saturated rings. The van der Waals surface area contributed by atoms with Crippen LogP contribution >= 0.6 is 0 Å². The van der Waals surface area contributed by atoms with E-state index >= 15 is 0 Å². The minimum absolute atomic E-state index is 0.146. The molecule has 7 nitrogen and oxygen atoms in total. The number of furan rings is 1. The molecular formula is C23H24N3O4+. The Kier molecular flexibility index (Phi) is 5.63. The van der Waals surface area contributed by atoms with Gasteiger partial charge in [-0.1, -0.05) is 30.3 Å². The van der Waals surface area contributed by atoms with Crippen molar-refractivity contribution in [3.05, 3.63) is 76.0 Å². The van der Waals surface area contributed by atoms with Gasteiger partial charge in [-0.15, -0.1) is 0 Å². The van der Waals surface area contributed by atoms with Crippen LogP contribution in [0.2, 0.25) is 0 Å². The van der Waals surface area contributed by atoms with Crippen LogP contribution in [0.3, 0.4) is 0 Å². The number of para-hydroxylation sites is 2. The highest BCUT2D eigenvalue weighted by Gasteiger charge is 2.25. The van der Waals surface area contributed by atoms with Crippen LogP contribution in [0.25, 0.3) is 21.9 Å². The molecule has 1 atom stereocenters. The summed E-state index contributed by atoms with van der Waals surface area (Å²) in [6.45, 7) is 5.93. The number of aromatic amines is 1. The Labute approximate surface area is 173 Å². The number of quaternary nitrogens is 1. The van der Waals surface area contributed by atoms with Gasteiger partial charge in [-0.2, -0.15) is 0 Å². The number of carbonyl (C=O) groups excluding carboxylic acids is 1. The highest BCUT2D eigenvalue weighted by molar-refractivity contribution is 5.96. The second-order valence-corrected chi connectivity index (χ2v) is 7.11. The Morgan fingerprint density at radius 2 is 1.80 bits per heavy atom. The molecule has 1 unspecified atom stereocenters. The van der Waals surface area contributed by atoms with Crippen molar-refractivity contribution in [1.82, 2.24) is 9.97 Å². The van der Waals surface area contributed by atoms with Crippen LogP contribution < -0.4 is 10.5 Å². The van der Waals surface area contributed by atoms with Crippen LogP contribution in [-0.2, 0) is 17.8 Å². The fraction of sp³-hybridized carbons (Fsp3) is 0.261. The van der Waals surface area contributed by atoms with E-state index in [1.807, 2.05) is 42.5 Å². The van der Waals surface area contributed by atoms with Gasteiger partial charge in [0.1, 0.15) is 18.7 Å². The van der Waals surface area contributed by atoms with Crippen molar-refractivity contribution in [2.45, 2.75) is 26.9 Å². The van der Waals surface area contributed by atoms with Gasteiger partial charge in [-0.05, 0) is 32.0 Å². The molecule has 0 saturated heterocycles. The van der Waals surface area contributed by atoms with Crippen LogP contribution in [0.4, 0.5) is 0 Å². The maximum atomic E-state index is 12.5. The highest BCUT2D eigenvalue weighted by atomic mass is 16.5. The highest BCUT2D eigenvalue weighted by Crippen LogP contribution is 2.26. The van der Waals surface area contributed by atoms with Crippen LogP contribution in [0.5, 0.6) is 0 Å². The van der Waals surface area contributed by atoms with E-state index in [-0.39, 0.29) is 17.9 Å². The number of fused-ring (bicyclic) bond motifs is 2. The lowest BCUT2D eigenvalue weighted by atomic mass is 10.1. The molecule has 4 rings (SSSR count). The van der Waals surface area contributed by atoms with E-state index in [9.17, 15) is 9.59 Å². The van der Waals surface area contributed by atoms with E-state index in [1.165, 1.54) is 0 Å². The Hall–Kier alpha value is -3.45. The second-order valence-electron chi connectivity index (χ2n) is 7.11. The molecule has 0 spiro atoms. The second kappa shape index (κ2) is 8.51. The molecule has 154 valence electrons. The summed E-state index contributed by atoms with van der Waals surface area (Å²) < 4.78 is 11.0. The van der Waals surface area contributed by atoms with Crippen LogP contribution in [0, 0.1) is 0 Å². The SMILES string of the molecule is CCOC(=O)c1oc2ccccc2c1C[NH+](CC)Cc1nc2ccccc2c(=O)[nH]1. The van der Waals surface area contributed by atoms with Crippen molar-refractivity contribution in [1.29, 1.82) is 0 Å². The van der Waals surface area contributed by atoms with Gasteiger partial charge >= 0.3 is 5.97 Å². The van der Waals surface area contributed by atoms with Gasteiger partial charge in [-0.25, -0.2) is 9.78 Å². The Bertz CT molecular complexity index is 1260. The minimum Gasteiger partial charge on any atom is -0.460 e. The van der Waals surface area contributed by atoms with Crippen molar-refractivity contribution in [2.24, 2.45) is 0 Å². The average molecular weight is 406 g/mol. The van der Waals surface area contributed by atoms with Crippen molar-refractivity contribution >= 4 is 27.8 Å². The first-order valence-corrected chi connectivity index (χ1v) is 10.1. The average Bonchev–Trinajstić information content (AvgIpc) is 3.12. The fourth-order valence-corrected chi connectivity index (χ4v) is 3.65. The van der Waals surface area contributed by atoms with Crippen molar-refractivity contribution in [3.63, 3.8) is 0 Å². The maximum Gasteiger partial charge on any atom is 0.374 e. The van der Waals surface area contributed by atoms with E-state index in [0.717, 1.165) is 22.4 Å². The molecule has 2 N–H and O–H groups in total. The standard InChI is InChI=1S/C23H23N3O4/c1-3-26(14-20-24-18-11-7-5-10-16(18)22(27)25-20)13-17-15-9-6-8-12-19(15)30-21(17)23(28)29-4-2/h5-12H,3-4,13-14H2,1-2H3,(H,24,25,27)/p+1. The zero-order chi connectivity index (χ0) is 21.1. The fourth-order valence-electron chi connectivity index (χ4n) is 3.65. The summed E-state index contributed by atoms with van der Waals surface area (Å²) in [5, 5.41) is 1.47. The first kappa shape index (κ1) is 19.8. The molecule has 0 aliphatic carbocycles. The number of hydrogen-bond donors (Lipinski definition) is 2. The minimum atomic E-state index is -0.462. The Balaban J connectivity index is 1.67. The summed E-state index contributed by atoms with van der Waals surface area (Å²) >= 11 is 0. The number of ether oxygens (including phenoxy) is 1. The molecule has 2 aromatic heterocycles. The molecule has 0 radical (unpaired) electrons. The third-order valence-corrected chi connectivity index (χ3v) is 5.17. The van der Waals surface area contributed by atoms with Crippen molar-refractivity contribution in [3.8, 4) is 0 Å². The van der Waals surface area contributed by atoms with Gasteiger partial charge < -0.3 is 19.0 Å². The summed E-state index contributed by atoms with van der Waals surface area (Å²) in [5.41, 5.74) is 1.99. The van der Waals surface area contributed by atoms with Gasteiger partial charge in [0.15, 0.2) is 5.82 Å². The normalized spacial score (nSPS) is 12.3. The monoisotopic (exact) mass is 406 g/mol. The molecule has 0 bridgehead atoms. The largest absolute Gasteiger partial charge is 0.460 e. The predicted molar refractivity (Wildman–Crippen MR) is 113 cm³/mol. The maximum absolute atomic E-state index is 12.5. The first-order valence-electron chi connectivity index (χ1n) is 10.1. The van der Waals surface area contributed by atoms with Gasteiger partial charge in [0.05, 0.1) is 29.6 Å². The summed E-state index contributed by atoms with van der Waals surface area (Å²) in [5.74, 6) is 0.390. The lowest BCUT2D eigenvalue weighted by Crippen LogP contribution is -3.09. The van der Waals surface area contributed by atoms with Gasteiger partial charge in [0, 0.05) is 5.39 Å². The number of benzene rings is 2. The molecule has 30 heavy (non-hydrogen) atoms. The van der Waals surface area contributed by atoms with E-state index in [1.54, 1.807) is 13.0 Å². The van der Waals surface area contributed by atoms with E-state index < -0.39 is 5.97 Å². The number of aromatic nitrogens is 2. The van der Waals surface area contributed by atoms with Crippen LogP contribution in [0.15, 0.2) is 57.7 Å². The Morgan fingerprint density at radius 1 is 1.07 bits per heavy atom.